The molecule has 0 aliphatic rings. The van der Waals surface area contributed by atoms with Gasteiger partial charge in [-0.25, -0.2) is 0 Å². The lowest BCUT2D eigenvalue weighted by molar-refractivity contribution is 0.128. The van der Waals surface area contributed by atoms with Crippen molar-refractivity contribution in [2.75, 3.05) is 19.8 Å². The molecule has 0 aromatic heterocycles. The molecule has 1 aromatic rings. The van der Waals surface area contributed by atoms with Crippen LogP contribution in [0.3, 0.4) is 0 Å². The molecule has 134 valence electrons. The van der Waals surface area contributed by atoms with Crippen molar-refractivity contribution in [1.29, 1.82) is 0 Å². The largest absolute Gasteiger partial charge is 0.490 e. The van der Waals surface area contributed by atoms with Crippen LogP contribution in [-0.2, 0) is 4.84 Å². The Kier molecular flexibility index (Phi) is 11.1. The number of hydrogen-bond acceptors (Lipinski definition) is 4. The van der Waals surface area contributed by atoms with Crippen LogP contribution in [0, 0.1) is 0 Å². The minimum absolute atomic E-state index is 0.133. The number of benzene rings is 1. The molecular weight excluding hydrogens is 396 g/mol. The SMILES string of the molecule is CCCC=NOCCCOc1c(Cl)cc(OCC=C(Cl)Cl)cc1Cl. The summed E-state index contributed by atoms with van der Waals surface area (Å²) in [4.78, 5) is 5.09. The number of nitrogens with zero attached hydrogens (tertiary/aromatic N) is 1. The van der Waals surface area contributed by atoms with Gasteiger partial charge < -0.3 is 14.3 Å². The number of rotatable bonds is 11. The van der Waals surface area contributed by atoms with Crippen LogP contribution in [0.25, 0.3) is 0 Å². The first-order chi connectivity index (χ1) is 11.5. The summed E-state index contributed by atoms with van der Waals surface area (Å²) in [5, 5.41) is 4.54. The zero-order valence-electron chi connectivity index (χ0n) is 13.2. The van der Waals surface area contributed by atoms with Crippen molar-refractivity contribution in [1.82, 2.24) is 0 Å². The van der Waals surface area contributed by atoms with Gasteiger partial charge in [-0.3, -0.25) is 0 Å². The van der Waals surface area contributed by atoms with E-state index in [0.29, 0.717) is 41.2 Å². The maximum absolute atomic E-state index is 6.16. The summed E-state index contributed by atoms with van der Waals surface area (Å²) in [6.07, 6.45) is 5.87. The maximum atomic E-state index is 6.16. The Labute approximate surface area is 162 Å². The van der Waals surface area contributed by atoms with Crippen molar-refractivity contribution in [3.63, 3.8) is 0 Å². The second-order valence-corrected chi connectivity index (χ2v) is 6.45. The average Bonchev–Trinajstić information content (AvgIpc) is 2.51. The zero-order chi connectivity index (χ0) is 17.8. The second kappa shape index (κ2) is 12.5. The number of halogens is 4. The molecule has 0 amide bonds. The third-order valence-electron chi connectivity index (χ3n) is 2.65. The van der Waals surface area contributed by atoms with Gasteiger partial charge in [-0.2, -0.15) is 0 Å². The second-order valence-electron chi connectivity index (χ2n) is 4.63. The van der Waals surface area contributed by atoms with E-state index < -0.39 is 0 Å². The van der Waals surface area contributed by atoms with E-state index in [9.17, 15) is 0 Å². The molecule has 0 saturated carbocycles. The maximum Gasteiger partial charge on any atom is 0.156 e. The molecule has 0 aliphatic carbocycles. The number of ether oxygens (including phenoxy) is 2. The topological polar surface area (TPSA) is 40.0 Å². The highest BCUT2D eigenvalue weighted by Crippen LogP contribution is 2.37. The fraction of sp³-hybridized carbons (Fsp3) is 0.438. The Hall–Kier alpha value is -0.810. The Balaban J connectivity index is 2.41. The van der Waals surface area contributed by atoms with Gasteiger partial charge in [0.25, 0.3) is 0 Å². The van der Waals surface area contributed by atoms with E-state index in [1.54, 1.807) is 18.3 Å². The first kappa shape index (κ1) is 21.2. The van der Waals surface area contributed by atoms with Crippen LogP contribution in [0.15, 0.2) is 27.9 Å². The molecule has 24 heavy (non-hydrogen) atoms. The van der Waals surface area contributed by atoms with E-state index in [0.717, 1.165) is 12.8 Å². The minimum Gasteiger partial charge on any atom is -0.490 e. The van der Waals surface area contributed by atoms with Gasteiger partial charge in [0.1, 0.15) is 23.5 Å². The summed E-state index contributed by atoms with van der Waals surface area (Å²) in [7, 11) is 0. The van der Waals surface area contributed by atoms with Gasteiger partial charge in [-0.05, 0) is 12.5 Å². The molecule has 0 fully saturated rings. The monoisotopic (exact) mass is 413 g/mol. The van der Waals surface area contributed by atoms with Gasteiger partial charge in [-0.15, -0.1) is 0 Å². The van der Waals surface area contributed by atoms with E-state index in [1.807, 2.05) is 0 Å². The molecule has 0 aliphatic heterocycles. The summed E-state index contributed by atoms with van der Waals surface area (Å²) in [5.41, 5.74) is 0. The van der Waals surface area contributed by atoms with Gasteiger partial charge in [0.05, 0.1) is 16.7 Å². The molecule has 0 radical (unpaired) electrons. The standard InChI is InChI=1S/C16H19Cl4NO3/c1-2-3-6-21-24-8-4-7-23-16-13(17)10-12(11-14(16)18)22-9-5-15(19)20/h5-6,10-11H,2-4,7-9H2,1H3. The molecule has 0 saturated heterocycles. The van der Waals surface area contributed by atoms with Crippen LogP contribution < -0.4 is 9.47 Å². The fourth-order valence-electron chi connectivity index (χ4n) is 1.54. The molecule has 1 aromatic carbocycles. The van der Waals surface area contributed by atoms with Crippen molar-refractivity contribution in [2.45, 2.75) is 26.2 Å². The van der Waals surface area contributed by atoms with Crippen LogP contribution in [0.1, 0.15) is 26.2 Å². The molecule has 8 heteroatoms. The van der Waals surface area contributed by atoms with Gasteiger partial charge in [0.15, 0.2) is 5.75 Å². The number of hydrogen-bond donors (Lipinski definition) is 0. The summed E-state index contributed by atoms with van der Waals surface area (Å²) in [5.74, 6) is 0.905. The Morgan fingerprint density at radius 3 is 2.46 bits per heavy atom. The van der Waals surface area contributed by atoms with Gasteiger partial charge in [-0.1, -0.05) is 64.9 Å². The van der Waals surface area contributed by atoms with E-state index in [2.05, 4.69) is 12.1 Å². The van der Waals surface area contributed by atoms with Crippen molar-refractivity contribution in [2.24, 2.45) is 5.16 Å². The highest BCUT2D eigenvalue weighted by molar-refractivity contribution is 6.55. The third-order valence-corrected chi connectivity index (χ3v) is 3.52. The lowest BCUT2D eigenvalue weighted by atomic mass is 10.3. The van der Waals surface area contributed by atoms with E-state index in [-0.39, 0.29) is 11.1 Å². The quantitative estimate of drug-likeness (QED) is 0.243. The van der Waals surface area contributed by atoms with Crippen LogP contribution in [0.2, 0.25) is 10.0 Å². The summed E-state index contributed by atoms with van der Waals surface area (Å²) in [6, 6.07) is 3.23. The normalized spacial score (nSPS) is 10.7. The first-order valence-corrected chi connectivity index (χ1v) is 8.95. The number of oxime groups is 1. The lowest BCUT2D eigenvalue weighted by Gasteiger charge is -2.12. The molecule has 1 rings (SSSR count). The average molecular weight is 415 g/mol. The van der Waals surface area contributed by atoms with Crippen LogP contribution in [0.5, 0.6) is 11.5 Å². The van der Waals surface area contributed by atoms with Gasteiger partial charge in [0, 0.05) is 24.8 Å². The molecule has 4 nitrogen and oxygen atoms in total. The predicted octanol–water partition coefficient (Wildman–Crippen LogP) is 6.26. The third kappa shape index (κ3) is 8.88. The van der Waals surface area contributed by atoms with Crippen LogP contribution in [-0.4, -0.2) is 26.0 Å². The predicted molar refractivity (Wildman–Crippen MR) is 101 cm³/mol. The molecular formula is C16H19Cl4NO3. The van der Waals surface area contributed by atoms with Crippen molar-refractivity contribution in [3.8, 4) is 11.5 Å². The molecule has 0 spiro atoms. The Bertz CT molecular complexity index is 537. The van der Waals surface area contributed by atoms with Gasteiger partial charge in [0.2, 0.25) is 0 Å². The molecule has 0 atom stereocenters. The Morgan fingerprint density at radius 2 is 1.83 bits per heavy atom. The summed E-state index contributed by atoms with van der Waals surface area (Å²) >= 11 is 23.3. The van der Waals surface area contributed by atoms with Crippen molar-refractivity contribution in [3.05, 3.63) is 32.7 Å². The van der Waals surface area contributed by atoms with E-state index in [1.165, 1.54) is 6.08 Å². The first-order valence-electron chi connectivity index (χ1n) is 7.44. The van der Waals surface area contributed by atoms with Crippen LogP contribution in [0.4, 0.5) is 0 Å². The molecule has 0 unspecified atom stereocenters. The van der Waals surface area contributed by atoms with Crippen LogP contribution >= 0.6 is 46.4 Å². The highest BCUT2D eigenvalue weighted by Gasteiger charge is 2.10. The zero-order valence-corrected chi connectivity index (χ0v) is 16.3. The van der Waals surface area contributed by atoms with E-state index >= 15 is 0 Å². The molecule has 0 heterocycles. The Morgan fingerprint density at radius 1 is 1.12 bits per heavy atom. The van der Waals surface area contributed by atoms with Crippen molar-refractivity contribution >= 4 is 52.6 Å². The van der Waals surface area contributed by atoms with E-state index in [4.69, 9.17) is 60.7 Å². The van der Waals surface area contributed by atoms with Crippen molar-refractivity contribution < 1.29 is 14.3 Å². The number of unbranched alkanes of at least 4 members (excludes halogenated alkanes) is 1. The summed E-state index contributed by atoms with van der Waals surface area (Å²) in [6.45, 7) is 3.16. The fourth-order valence-corrected chi connectivity index (χ4v) is 2.25. The smallest absolute Gasteiger partial charge is 0.156 e. The lowest BCUT2D eigenvalue weighted by Crippen LogP contribution is -2.02. The minimum atomic E-state index is 0.133. The molecule has 0 bridgehead atoms. The highest BCUT2D eigenvalue weighted by atomic mass is 35.5. The molecule has 0 N–H and O–H groups in total. The summed E-state index contributed by atoms with van der Waals surface area (Å²) < 4.78 is 11.1. The van der Waals surface area contributed by atoms with Gasteiger partial charge >= 0.3 is 0 Å².